The van der Waals surface area contributed by atoms with E-state index in [1.165, 1.54) is 51.4 Å². The number of hydrazine groups is 1. The SMILES string of the molecule is NC1CC(N(N)C2CCC(=O)NC2=O)CC2(CCCCCCCC2)C1. The van der Waals surface area contributed by atoms with Crippen molar-refractivity contribution in [2.75, 3.05) is 0 Å². The predicted molar refractivity (Wildman–Crippen MR) is 97.2 cm³/mol. The van der Waals surface area contributed by atoms with Gasteiger partial charge in [-0.15, -0.1) is 0 Å². The average molecular weight is 351 g/mol. The number of rotatable bonds is 2. The molecular weight excluding hydrogens is 316 g/mol. The van der Waals surface area contributed by atoms with E-state index in [0.717, 1.165) is 19.3 Å². The average Bonchev–Trinajstić information content (AvgIpc) is 2.66. The predicted octanol–water partition coefficient (Wildman–Crippen LogP) is 1.97. The van der Waals surface area contributed by atoms with Crippen molar-refractivity contribution in [3.63, 3.8) is 0 Å². The third kappa shape index (κ3) is 4.60. The summed E-state index contributed by atoms with van der Waals surface area (Å²) in [6.07, 6.45) is 14.2. The molecule has 3 unspecified atom stereocenters. The second-order valence-electron chi connectivity index (χ2n) is 8.59. The molecule has 0 radical (unpaired) electrons. The van der Waals surface area contributed by atoms with Crippen molar-refractivity contribution in [2.45, 2.75) is 102 Å². The van der Waals surface area contributed by atoms with Crippen molar-refractivity contribution in [3.05, 3.63) is 0 Å². The maximum absolute atomic E-state index is 12.2. The van der Waals surface area contributed by atoms with Gasteiger partial charge in [0.2, 0.25) is 11.8 Å². The Morgan fingerprint density at radius 2 is 1.64 bits per heavy atom. The number of hydrogen-bond acceptors (Lipinski definition) is 5. The van der Waals surface area contributed by atoms with Crippen molar-refractivity contribution in [2.24, 2.45) is 17.0 Å². The highest BCUT2D eigenvalue weighted by Gasteiger charge is 2.43. The number of hydrogen-bond donors (Lipinski definition) is 3. The topological polar surface area (TPSA) is 101 Å². The van der Waals surface area contributed by atoms with Gasteiger partial charge in [0.25, 0.3) is 0 Å². The lowest BCUT2D eigenvalue weighted by Gasteiger charge is -2.48. The Kier molecular flexibility index (Phi) is 6.12. The number of carbonyl (C=O) groups is 2. The fourth-order valence-electron chi connectivity index (χ4n) is 5.34. The quantitative estimate of drug-likeness (QED) is 0.401. The molecule has 0 aromatic heterocycles. The maximum Gasteiger partial charge on any atom is 0.245 e. The molecule has 3 fully saturated rings. The van der Waals surface area contributed by atoms with Gasteiger partial charge in [0.1, 0.15) is 6.04 Å². The Labute approximate surface area is 151 Å². The Balaban J connectivity index is 1.70. The Morgan fingerprint density at radius 1 is 1.00 bits per heavy atom. The molecule has 142 valence electrons. The van der Waals surface area contributed by atoms with Crippen LogP contribution in [-0.4, -0.2) is 34.9 Å². The monoisotopic (exact) mass is 350 g/mol. The van der Waals surface area contributed by atoms with E-state index in [0.29, 0.717) is 12.8 Å². The molecule has 1 spiro atoms. The summed E-state index contributed by atoms with van der Waals surface area (Å²) in [5.41, 5.74) is 6.73. The van der Waals surface area contributed by atoms with Crippen LogP contribution in [0.1, 0.15) is 83.5 Å². The highest BCUT2D eigenvalue weighted by Crippen LogP contribution is 2.46. The third-order valence-corrected chi connectivity index (χ3v) is 6.59. The number of imide groups is 1. The van der Waals surface area contributed by atoms with E-state index < -0.39 is 6.04 Å². The van der Waals surface area contributed by atoms with Gasteiger partial charge in [-0.3, -0.25) is 20.7 Å². The number of nitrogens with one attached hydrogen (secondary N) is 1. The molecular formula is C19H34N4O2. The molecule has 0 bridgehead atoms. The van der Waals surface area contributed by atoms with Crippen LogP contribution in [0.15, 0.2) is 0 Å². The highest BCUT2D eigenvalue weighted by atomic mass is 16.2. The summed E-state index contributed by atoms with van der Waals surface area (Å²) >= 11 is 0. The van der Waals surface area contributed by atoms with Gasteiger partial charge in [0, 0.05) is 18.5 Å². The second kappa shape index (κ2) is 8.14. The molecule has 2 aliphatic carbocycles. The van der Waals surface area contributed by atoms with E-state index in [1.807, 2.05) is 0 Å². The fraction of sp³-hybridized carbons (Fsp3) is 0.895. The number of carbonyl (C=O) groups excluding carboxylic acids is 2. The van der Waals surface area contributed by atoms with E-state index in [4.69, 9.17) is 11.6 Å². The van der Waals surface area contributed by atoms with E-state index in [9.17, 15) is 9.59 Å². The lowest BCUT2D eigenvalue weighted by Crippen LogP contribution is -2.61. The van der Waals surface area contributed by atoms with Crippen LogP contribution in [0.2, 0.25) is 0 Å². The molecule has 1 heterocycles. The molecule has 5 N–H and O–H groups in total. The molecule has 6 heteroatoms. The lowest BCUT2D eigenvalue weighted by molar-refractivity contribution is -0.139. The van der Waals surface area contributed by atoms with Crippen LogP contribution in [0, 0.1) is 5.41 Å². The summed E-state index contributed by atoms with van der Waals surface area (Å²) < 4.78 is 0. The number of nitrogens with zero attached hydrogens (tertiary/aromatic N) is 1. The smallest absolute Gasteiger partial charge is 0.245 e. The van der Waals surface area contributed by atoms with Gasteiger partial charge in [-0.2, -0.15) is 0 Å². The Bertz CT molecular complexity index is 486. The van der Waals surface area contributed by atoms with Crippen molar-refractivity contribution < 1.29 is 9.59 Å². The van der Waals surface area contributed by atoms with Crippen LogP contribution in [0.4, 0.5) is 0 Å². The maximum atomic E-state index is 12.2. The summed E-state index contributed by atoms with van der Waals surface area (Å²) in [6.45, 7) is 0. The Hall–Kier alpha value is -0.980. The van der Waals surface area contributed by atoms with Gasteiger partial charge in [-0.25, -0.2) is 5.01 Å². The van der Waals surface area contributed by atoms with Gasteiger partial charge in [-0.05, 0) is 43.9 Å². The molecule has 0 aromatic rings. The standard InChI is InChI=1S/C19H34N4O2/c20-14-11-15(23(21)16-7-8-17(24)22-18(16)25)13-19(12-14)9-5-3-1-2-4-6-10-19/h14-16H,1-13,20-21H2,(H,22,24,25). The van der Waals surface area contributed by atoms with Crippen molar-refractivity contribution in [1.29, 1.82) is 0 Å². The summed E-state index contributed by atoms with van der Waals surface area (Å²) in [5.74, 6) is 5.98. The largest absolute Gasteiger partial charge is 0.328 e. The van der Waals surface area contributed by atoms with Crippen molar-refractivity contribution >= 4 is 11.8 Å². The van der Waals surface area contributed by atoms with Crippen LogP contribution in [0.3, 0.4) is 0 Å². The van der Waals surface area contributed by atoms with Crippen LogP contribution >= 0.6 is 0 Å². The van der Waals surface area contributed by atoms with Gasteiger partial charge in [0.15, 0.2) is 0 Å². The Morgan fingerprint density at radius 3 is 2.28 bits per heavy atom. The normalized spacial score (nSPS) is 34.3. The van der Waals surface area contributed by atoms with Crippen LogP contribution < -0.4 is 16.9 Å². The minimum Gasteiger partial charge on any atom is -0.328 e. The molecule has 6 nitrogen and oxygen atoms in total. The van der Waals surface area contributed by atoms with Crippen LogP contribution in [0.25, 0.3) is 0 Å². The van der Waals surface area contributed by atoms with Crippen LogP contribution in [-0.2, 0) is 9.59 Å². The van der Waals surface area contributed by atoms with E-state index >= 15 is 0 Å². The zero-order valence-corrected chi connectivity index (χ0v) is 15.3. The second-order valence-corrected chi connectivity index (χ2v) is 8.59. The van der Waals surface area contributed by atoms with E-state index in [2.05, 4.69) is 5.32 Å². The van der Waals surface area contributed by atoms with Gasteiger partial charge >= 0.3 is 0 Å². The van der Waals surface area contributed by atoms with Gasteiger partial charge in [-0.1, -0.05) is 38.5 Å². The molecule has 3 atom stereocenters. The zero-order valence-electron chi connectivity index (χ0n) is 15.3. The van der Waals surface area contributed by atoms with E-state index in [1.54, 1.807) is 5.01 Å². The summed E-state index contributed by atoms with van der Waals surface area (Å²) in [6, 6.07) is -0.117. The van der Waals surface area contributed by atoms with Crippen molar-refractivity contribution in [3.8, 4) is 0 Å². The minimum absolute atomic E-state index is 0.133. The molecule has 2 saturated carbocycles. The zero-order chi connectivity index (χ0) is 17.9. The lowest BCUT2D eigenvalue weighted by atomic mass is 9.65. The van der Waals surface area contributed by atoms with Crippen molar-refractivity contribution in [1.82, 2.24) is 10.3 Å². The molecule has 3 rings (SSSR count). The highest BCUT2D eigenvalue weighted by molar-refractivity contribution is 6.00. The first-order valence-electron chi connectivity index (χ1n) is 10.1. The van der Waals surface area contributed by atoms with Gasteiger partial charge < -0.3 is 5.73 Å². The molecule has 3 aliphatic rings. The number of amides is 2. The molecule has 2 amide bonds. The number of piperidine rings is 1. The molecule has 1 saturated heterocycles. The first kappa shape index (κ1) is 18.8. The fourth-order valence-corrected chi connectivity index (χ4v) is 5.34. The molecule has 1 aliphatic heterocycles. The third-order valence-electron chi connectivity index (χ3n) is 6.59. The molecule has 25 heavy (non-hydrogen) atoms. The number of nitrogens with two attached hydrogens (primary N) is 2. The van der Waals surface area contributed by atoms with Gasteiger partial charge in [0.05, 0.1) is 0 Å². The summed E-state index contributed by atoms with van der Waals surface area (Å²) in [4.78, 5) is 23.6. The summed E-state index contributed by atoms with van der Waals surface area (Å²) in [5, 5.41) is 4.16. The van der Waals surface area contributed by atoms with Crippen LogP contribution in [0.5, 0.6) is 0 Å². The summed E-state index contributed by atoms with van der Waals surface area (Å²) in [7, 11) is 0. The first-order chi connectivity index (χ1) is 12.0. The molecule has 0 aromatic carbocycles. The minimum atomic E-state index is -0.401. The first-order valence-corrected chi connectivity index (χ1v) is 10.1. The van der Waals surface area contributed by atoms with E-state index in [-0.39, 0.29) is 29.3 Å².